The van der Waals surface area contributed by atoms with Gasteiger partial charge in [0.15, 0.2) is 0 Å². The number of benzene rings is 1. The second-order valence-electron chi connectivity index (χ2n) is 4.39. The molecule has 1 aromatic carbocycles. The van der Waals surface area contributed by atoms with Crippen molar-refractivity contribution in [3.8, 4) is 5.75 Å². The van der Waals surface area contributed by atoms with Gasteiger partial charge in [0.25, 0.3) is 0 Å². The highest BCUT2D eigenvalue weighted by Crippen LogP contribution is 2.31. The van der Waals surface area contributed by atoms with Gasteiger partial charge in [-0.15, -0.1) is 0 Å². The summed E-state index contributed by atoms with van der Waals surface area (Å²) in [6.45, 7) is 0. The molecule has 3 N–H and O–H groups in total. The second-order valence-corrected chi connectivity index (χ2v) is 7.67. The maximum absolute atomic E-state index is 11.4. The maximum Gasteiger partial charge on any atom is 0.240 e. The van der Waals surface area contributed by atoms with Gasteiger partial charge in [0.05, 0.1) is 18.0 Å². The summed E-state index contributed by atoms with van der Waals surface area (Å²) < 4.78 is 52.9. The van der Waals surface area contributed by atoms with E-state index >= 15 is 0 Å². The molecule has 106 valence electrons. The molecule has 0 unspecified atom stereocenters. The number of ether oxygens (including phenoxy) is 1. The van der Waals surface area contributed by atoms with Crippen molar-refractivity contribution in [2.45, 2.75) is 23.8 Å². The molecule has 1 fully saturated rings. The molecule has 19 heavy (non-hydrogen) atoms. The Bertz CT molecular complexity index is 693. The number of primary sulfonamides is 1. The van der Waals surface area contributed by atoms with Gasteiger partial charge in [-0.05, 0) is 25.0 Å². The summed E-state index contributed by atoms with van der Waals surface area (Å²) in [6, 6.07) is 3.99. The minimum Gasteiger partial charge on any atom is -0.490 e. The highest BCUT2D eigenvalue weighted by Gasteiger charge is 2.24. The van der Waals surface area contributed by atoms with Crippen LogP contribution in [-0.2, 0) is 20.0 Å². The van der Waals surface area contributed by atoms with Crippen LogP contribution in [0.25, 0.3) is 0 Å². The highest BCUT2D eigenvalue weighted by molar-refractivity contribution is 7.92. The van der Waals surface area contributed by atoms with Crippen molar-refractivity contribution < 1.29 is 21.6 Å². The zero-order valence-corrected chi connectivity index (χ0v) is 11.8. The van der Waals surface area contributed by atoms with Gasteiger partial charge in [-0.3, -0.25) is 4.72 Å². The first kappa shape index (κ1) is 14.1. The predicted octanol–water partition coefficient (Wildman–Crippen LogP) is 0.247. The quantitative estimate of drug-likeness (QED) is 0.809. The van der Waals surface area contributed by atoms with Gasteiger partial charge < -0.3 is 4.74 Å². The van der Waals surface area contributed by atoms with E-state index in [1.165, 1.54) is 18.2 Å². The molecule has 9 heteroatoms. The number of hydrogen-bond donors (Lipinski definition) is 2. The van der Waals surface area contributed by atoms with Crippen molar-refractivity contribution in [2.75, 3.05) is 11.0 Å². The minimum atomic E-state index is -4.02. The Labute approximate surface area is 111 Å². The molecule has 1 aliphatic carbocycles. The Kier molecular flexibility index (Phi) is 3.45. The molecule has 2 rings (SSSR count). The van der Waals surface area contributed by atoms with Crippen LogP contribution in [0, 0.1) is 0 Å². The molecule has 0 amide bonds. The standard InChI is InChI=1S/C10H14N2O5S2/c1-18(13,14)12-9-6-8(17-7-2-3-7)4-5-10(9)19(11,15)16/h4-7,12H,2-3H2,1H3,(H2,11,15,16). The van der Waals surface area contributed by atoms with Crippen molar-refractivity contribution in [1.82, 2.24) is 0 Å². The van der Waals surface area contributed by atoms with Crippen molar-refractivity contribution >= 4 is 25.7 Å². The van der Waals surface area contributed by atoms with Crippen molar-refractivity contribution in [1.29, 1.82) is 0 Å². The zero-order valence-electron chi connectivity index (χ0n) is 10.2. The van der Waals surface area contributed by atoms with Crippen LogP contribution in [-0.4, -0.2) is 29.2 Å². The third-order valence-corrected chi connectivity index (χ3v) is 3.94. The van der Waals surface area contributed by atoms with Crippen LogP contribution in [0.15, 0.2) is 23.1 Å². The van der Waals surface area contributed by atoms with Crippen LogP contribution >= 0.6 is 0 Å². The first-order valence-corrected chi connectivity index (χ1v) is 8.90. The number of nitrogens with two attached hydrogens (primary N) is 1. The Hall–Kier alpha value is -1.32. The number of hydrogen-bond acceptors (Lipinski definition) is 5. The summed E-state index contributed by atoms with van der Waals surface area (Å²) in [5, 5.41) is 5.04. The van der Waals surface area contributed by atoms with Gasteiger partial charge in [0.1, 0.15) is 10.6 Å². The average Bonchev–Trinajstić information content (AvgIpc) is 2.97. The summed E-state index contributed by atoms with van der Waals surface area (Å²) in [6.07, 6.45) is 2.91. The molecule has 0 radical (unpaired) electrons. The Morgan fingerprint density at radius 3 is 2.37 bits per heavy atom. The van der Waals surface area contributed by atoms with Crippen LogP contribution in [0.3, 0.4) is 0 Å². The van der Waals surface area contributed by atoms with Crippen molar-refractivity contribution in [3.05, 3.63) is 18.2 Å². The normalized spacial score (nSPS) is 16.1. The molecule has 1 aliphatic rings. The summed E-state index contributed by atoms with van der Waals surface area (Å²) in [7, 11) is -7.63. The fourth-order valence-corrected chi connectivity index (χ4v) is 2.80. The zero-order chi connectivity index (χ0) is 14.3. The maximum atomic E-state index is 11.4. The second kappa shape index (κ2) is 4.66. The van der Waals surface area contributed by atoms with Gasteiger partial charge in [0.2, 0.25) is 20.0 Å². The minimum absolute atomic E-state index is 0.108. The lowest BCUT2D eigenvalue weighted by Crippen LogP contribution is -2.17. The Balaban J connectivity index is 2.43. The van der Waals surface area contributed by atoms with E-state index in [0.717, 1.165) is 19.1 Å². The summed E-state index contributed by atoms with van der Waals surface area (Å²) in [5.74, 6) is 0.404. The number of rotatable bonds is 5. The third kappa shape index (κ3) is 4.08. The van der Waals surface area contributed by atoms with E-state index in [1.807, 2.05) is 0 Å². The van der Waals surface area contributed by atoms with E-state index in [1.54, 1.807) is 0 Å². The van der Waals surface area contributed by atoms with Crippen LogP contribution in [0.4, 0.5) is 5.69 Å². The number of nitrogens with one attached hydrogen (secondary N) is 1. The van der Waals surface area contributed by atoms with E-state index in [2.05, 4.69) is 4.72 Å². The smallest absolute Gasteiger partial charge is 0.240 e. The van der Waals surface area contributed by atoms with Crippen LogP contribution in [0.1, 0.15) is 12.8 Å². The van der Waals surface area contributed by atoms with Gasteiger partial charge in [-0.2, -0.15) is 0 Å². The monoisotopic (exact) mass is 306 g/mol. The van der Waals surface area contributed by atoms with Crippen molar-refractivity contribution in [2.24, 2.45) is 5.14 Å². The fourth-order valence-electron chi connectivity index (χ4n) is 1.49. The number of sulfonamides is 2. The topological polar surface area (TPSA) is 116 Å². The predicted molar refractivity (Wildman–Crippen MR) is 69.9 cm³/mol. The Morgan fingerprint density at radius 1 is 1.26 bits per heavy atom. The molecular formula is C10H14N2O5S2. The molecule has 1 aromatic rings. The summed E-state index contributed by atoms with van der Waals surface area (Å²) in [5.41, 5.74) is -0.108. The van der Waals surface area contributed by atoms with E-state index in [-0.39, 0.29) is 16.7 Å². The van der Waals surface area contributed by atoms with Crippen LogP contribution in [0.2, 0.25) is 0 Å². The van der Waals surface area contributed by atoms with Gasteiger partial charge in [-0.25, -0.2) is 22.0 Å². The van der Waals surface area contributed by atoms with Gasteiger partial charge in [-0.1, -0.05) is 0 Å². The van der Waals surface area contributed by atoms with Crippen molar-refractivity contribution in [3.63, 3.8) is 0 Å². The number of anilines is 1. The first-order chi connectivity index (χ1) is 8.65. The molecule has 0 bridgehead atoms. The van der Waals surface area contributed by atoms with E-state index in [0.29, 0.717) is 5.75 Å². The van der Waals surface area contributed by atoms with Crippen LogP contribution < -0.4 is 14.6 Å². The molecular weight excluding hydrogens is 292 g/mol. The largest absolute Gasteiger partial charge is 0.490 e. The molecule has 0 saturated heterocycles. The third-order valence-electron chi connectivity index (χ3n) is 2.38. The molecule has 0 aliphatic heterocycles. The molecule has 0 aromatic heterocycles. The van der Waals surface area contributed by atoms with Crippen LogP contribution in [0.5, 0.6) is 5.75 Å². The van der Waals surface area contributed by atoms with E-state index in [4.69, 9.17) is 9.88 Å². The molecule has 0 atom stereocenters. The molecule has 0 spiro atoms. The SMILES string of the molecule is CS(=O)(=O)Nc1cc(OC2CC2)ccc1S(N)(=O)=O. The lowest BCUT2D eigenvalue weighted by atomic mass is 10.3. The Morgan fingerprint density at radius 2 is 1.89 bits per heavy atom. The lowest BCUT2D eigenvalue weighted by molar-refractivity contribution is 0.303. The molecule has 1 saturated carbocycles. The molecule has 0 heterocycles. The molecule has 7 nitrogen and oxygen atoms in total. The van der Waals surface area contributed by atoms with Gasteiger partial charge >= 0.3 is 0 Å². The highest BCUT2D eigenvalue weighted by atomic mass is 32.2. The lowest BCUT2D eigenvalue weighted by Gasteiger charge is -2.12. The summed E-state index contributed by atoms with van der Waals surface area (Å²) >= 11 is 0. The van der Waals surface area contributed by atoms with Gasteiger partial charge in [0, 0.05) is 6.07 Å². The first-order valence-electron chi connectivity index (χ1n) is 5.46. The average molecular weight is 306 g/mol. The van der Waals surface area contributed by atoms with E-state index in [9.17, 15) is 16.8 Å². The van der Waals surface area contributed by atoms with E-state index < -0.39 is 20.0 Å². The summed E-state index contributed by atoms with van der Waals surface area (Å²) in [4.78, 5) is -0.291. The fraction of sp³-hybridized carbons (Fsp3) is 0.400.